The van der Waals surface area contributed by atoms with Crippen molar-refractivity contribution in [2.24, 2.45) is 0 Å². The number of methoxy groups -OCH3 is 1. The molecule has 0 spiro atoms. The van der Waals surface area contributed by atoms with Crippen molar-refractivity contribution in [1.82, 2.24) is 19.9 Å². The molecule has 0 aliphatic heterocycles. The summed E-state index contributed by atoms with van der Waals surface area (Å²) in [7, 11) is 1.66. The minimum Gasteiger partial charge on any atom is -0.497 e. The third-order valence-electron chi connectivity index (χ3n) is 3.55. The van der Waals surface area contributed by atoms with Gasteiger partial charge in [0.25, 0.3) is 0 Å². The second-order valence-electron chi connectivity index (χ2n) is 6.59. The number of thioether (sulfide) groups is 1. The van der Waals surface area contributed by atoms with Crippen LogP contribution in [0, 0.1) is 0 Å². The van der Waals surface area contributed by atoms with Crippen molar-refractivity contribution in [2.75, 3.05) is 13.0 Å². The fourth-order valence-corrected chi connectivity index (χ4v) is 3.96. The Morgan fingerprint density at radius 2 is 2.08 bits per heavy atom. The highest BCUT2D eigenvalue weighted by molar-refractivity contribution is 7.98. The molecular formula is C17H21N5OS2. The third-order valence-corrected chi connectivity index (χ3v) is 5.47. The number of ether oxygens (including phenoxy) is 1. The van der Waals surface area contributed by atoms with Crippen LogP contribution >= 0.6 is 23.1 Å². The van der Waals surface area contributed by atoms with E-state index in [1.807, 2.05) is 24.3 Å². The molecule has 0 bridgehead atoms. The SMILES string of the molecule is COc1cccc(-c2nc(CSc3nnc(C(C)(C)C)n3N)cs2)c1. The van der Waals surface area contributed by atoms with Gasteiger partial charge in [-0.1, -0.05) is 44.7 Å². The van der Waals surface area contributed by atoms with Crippen molar-refractivity contribution >= 4 is 23.1 Å². The highest BCUT2D eigenvalue weighted by Gasteiger charge is 2.23. The van der Waals surface area contributed by atoms with Crippen LogP contribution in [0.3, 0.4) is 0 Å². The topological polar surface area (TPSA) is 78.9 Å². The van der Waals surface area contributed by atoms with Crippen LogP contribution in [-0.4, -0.2) is 27.0 Å². The molecule has 3 rings (SSSR count). The lowest BCUT2D eigenvalue weighted by Gasteiger charge is -2.16. The van der Waals surface area contributed by atoms with Crippen molar-refractivity contribution in [2.45, 2.75) is 37.1 Å². The van der Waals surface area contributed by atoms with Crippen LogP contribution in [-0.2, 0) is 11.2 Å². The molecule has 2 aromatic heterocycles. The maximum absolute atomic E-state index is 6.12. The summed E-state index contributed by atoms with van der Waals surface area (Å²) < 4.78 is 6.84. The monoisotopic (exact) mass is 375 g/mol. The van der Waals surface area contributed by atoms with Crippen LogP contribution in [0.15, 0.2) is 34.8 Å². The molecule has 0 fully saturated rings. The van der Waals surface area contributed by atoms with E-state index in [0.29, 0.717) is 10.9 Å². The predicted molar refractivity (Wildman–Crippen MR) is 103 cm³/mol. The number of aromatic nitrogens is 4. The molecule has 8 heteroatoms. The zero-order valence-electron chi connectivity index (χ0n) is 14.7. The van der Waals surface area contributed by atoms with Crippen LogP contribution in [0.4, 0.5) is 0 Å². The molecule has 3 aromatic rings. The van der Waals surface area contributed by atoms with Crippen molar-refractivity contribution < 1.29 is 4.74 Å². The number of thiazole rings is 1. The molecule has 0 amide bonds. The van der Waals surface area contributed by atoms with E-state index < -0.39 is 0 Å². The summed E-state index contributed by atoms with van der Waals surface area (Å²) in [6.07, 6.45) is 0. The molecule has 6 nitrogen and oxygen atoms in total. The van der Waals surface area contributed by atoms with Gasteiger partial charge in [-0.15, -0.1) is 21.5 Å². The first-order valence-corrected chi connectivity index (χ1v) is 9.67. The maximum atomic E-state index is 6.12. The van der Waals surface area contributed by atoms with Gasteiger partial charge in [0.15, 0.2) is 5.82 Å². The van der Waals surface area contributed by atoms with E-state index >= 15 is 0 Å². The zero-order valence-corrected chi connectivity index (χ0v) is 16.3. The van der Waals surface area contributed by atoms with E-state index in [1.165, 1.54) is 11.8 Å². The number of benzene rings is 1. The van der Waals surface area contributed by atoms with E-state index in [9.17, 15) is 0 Å². The normalized spacial score (nSPS) is 11.7. The largest absolute Gasteiger partial charge is 0.497 e. The van der Waals surface area contributed by atoms with E-state index in [0.717, 1.165) is 27.8 Å². The second kappa shape index (κ2) is 7.05. The molecule has 1 aromatic carbocycles. The molecule has 0 saturated carbocycles. The molecular weight excluding hydrogens is 354 g/mol. The van der Waals surface area contributed by atoms with Crippen LogP contribution in [0.25, 0.3) is 10.6 Å². The Morgan fingerprint density at radius 1 is 1.28 bits per heavy atom. The van der Waals surface area contributed by atoms with E-state index in [4.69, 9.17) is 15.6 Å². The van der Waals surface area contributed by atoms with Gasteiger partial charge in [0.05, 0.1) is 12.8 Å². The standard InChI is InChI=1S/C17H21N5OS2/c1-17(2,3)15-20-21-16(22(15)18)25-10-12-9-24-14(19-12)11-6-5-7-13(8-11)23-4/h5-9H,10,18H2,1-4H3. The fourth-order valence-electron chi connectivity index (χ4n) is 2.29. The van der Waals surface area contributed by atoms with Gasteiger partial charge in [0, 0.05) is 22.1 Å². The fraction of sp³-hybridized carbons (Fsp3) is 0.353. The Bertz CT molecular complexity index is 866. The first kappa shape index (κ1) is 17.8. The summed E-state index contributed by atoms with van der Waals surface area (Å²) in [5.41, 5.74) is 1.91. The van der Waals surface area contributed by atoms with Gasteiger partial charge in [-0.25, -0.2) is 9.66 Å². The minimum absolute atomic E-state index is 0.138. The molecule has 0 radical (unpaired) electrons. The van der Waals surface area contributed by atoms with Gasteiger partial charge in [-0.05, 0) is 12.1 Å². The Hall–Kier alpha value is -2.06. The zero-order chi connectivity index (χ0) is 18.0. The average Bonchev–Trinajstić information content (AvgIpc) is 3.19. The molecule has 132 valence electrons. The van der Waals surface area contributed by atoms with Gasteiger partial charge in [0.1, 0.15) is 10.8 Å². The summed E-state index contributed by atoms with van der Waals surface area (Å²) in [6.45, 7) is 6.20. The molecule has 0 atom stereocenters. The molecule has 25 heavy (non-hydrogen) atoms. The van der Waals surface area contributed by atoms with Crippen molar-refractivity contribution in [3.05, 3.63) is 41.2 Å². The Kier molecular flexibility index (Phi) is 5.01. The molecule has 0 unspecified atom stereocenters. The quantitative estimate of drug-likeness (QED) is 0.541. The lowest BCUT2D eigenvalue weighted by Crippen LogP contribution is -2.24. The summed E-state index contributed by atoms with van der Waals surface area (Å²) in [6, 6.07) is 7.91. The van der Waals surface area contributed by atoms with Gasteiger partial charge >= 0.3 is 0 Å². The number of hydrogen-bond acceptors (Lipinski definition) is 7. The molecule has 0 aliphatic carbocycles. The number of rotatable bonds is 5. The van der Waals surface area contributed by atoms with E-state index in [1.54, 1.807) is 23.1 Å². The Balaban J connectivity index is 1.71. The summed E-state index contributed by atoms with van der Waals surface area (Å²) in [5.74, 6) is 8.41. The highest BCUT2D eigenvalue weighted by Crippen LogP contribution is 2.30. The van der Waals surface area contributed by atoms with Crippen molar-refractivity contribution in [3.8, 4) is 16.3 Å². The van der Waals surface area contributed by atoms with Crippen molar-refractivity contribution in [3.63, 3.8) is 0 Å². The van der Waals surface area contributed by atoms with Crippen molar-refractivity contribution in [1.29, 1.82) is 0 Å². The number of nitrogen functional groups attached to an aromatic ring is 1. The van der Waals surface area contributed by atoms with Crippen LogP contribution in [0.2, 0.25) is 0 Å². The highest BCUT2D eigenvalue weighted by atomic mass is 32.2. The lowest BCUT2D eigenvalue weighted by molar-refractivity contribution is 0.415. The van der Waals surface area contributed by atoms with Gasteiger partial charge in [0.2, 0.25) is 5.16 Å². The minimum atomic E-state index is -0.138. The summed E-state index contributed by atoms with van der Waals surface area (Å²) in [5, 5.41) is 12.1. The lowest BCUT2D eigenvalue weighted by atomic mass is 9.96. The second-order valence-corrected chi connectivity index (χ2v) is 8.39. The van der Waals surface area contributed by atoms with Gasteiger partial charge < -0.3 is 10.6 Å². The van der Waals surface area contributed by atoms with Gasteiger partial charge in [-0.3, -0.25) is 0 Å². The molecule has 0 saturated heterocycles. The van der Waals surface area contributed by atoms with E-state index in [-0.39, 0.29) is 5.41 Å². The molecule has 0 aliphatic rings. The molecule has 2 N–H and O–H groups in total. The summed E-state index contributed by atoms with van der Waals surface area (Å²) in [4.78, 5) is 4.70. The van der Waals surface area contributed by atoms with Crippen LogP contribution in [0.5, 0.6) is 5.75 Å². The average molecular weight is 376 g/mol. The first-order valence-electron chi connectivity index (χ1n) is 7.81. The number of nitrogens with two attached hydrogens (primary N) is 1. The van der Waals surface area contributed by atoms with E-state index in [2.05, 4.69) is 36.3 Å². The first-order chi connectivity index (χ1) is 11.9. The number of nitrogens with zero attached hydrogens (tertiary/aromatic N) is 4. The Labute approximate surface area is 155 Å². The smallest absolute Gasteiger partial charge is 0.210 e. The van der Waals surface area contributed by atoms with Crippen LogP contribution in [0.1, 0.15) is 32.3 Å². The predicted octanol–water partition coefficient (Wildman–Crippen LogP) is 3.71. The van der Waals surface area contributed by atoms with Crippen LogP contribution < -0.4 is 10.6 Å². The van der Waals surface area contributed by atoms with Gasteiger partial charge in [-0.2, -0.15) is 0 Å². The third kappa shape index (κ3) is 3.96. The maximum Gasteiger partial charge on any atom is 0.210 e. The number of hydrogen-bond donors (Lipinski definition) is 1. The molecule has 2 heterocycles. The Morgan fingerprint density at radius 3 is 2.76 bits per heavy atom. The summed E-state index contributed by atoms with van der Waals surface area (Å²) >= 11 is 3.15.